The van der Waals surface area contributed by atoms with E-state index in [9.17, 15) is 14.7 Å². The summed E-state index contributed by atoms with van der Waals surface area (Å²) < 4.78 is 5.44. The molecule has 5 nitrogen and oxygen atoms in total. The number of nitrogens with one attached hydrogen (secondary N) is 1. The molecule has 4 atom stereocenters. The Kier molecular flexibility index (Phi) is 3.28. The van der Waals surface area contributed by atoms with Crippen LogP contribution in [0.1, 0.15) is 5.56 Å². The van der Waals surface area contributed by atoms with Crippen LogP contribution in [-0.2, 0) is 20.9 Å². The highest BCUT2D eigenvalue weighted by Gasteiger charge is 2.50. The van der Waals surface area contributed by atoms with Crippen LogP contribution in [0.25, 0.3) is 0 Å². The molecule has 0 spiro atoms. The summed E-state index contributed by atoms with van der Waals surface area (Å²) in [5.41, 5.74) is 0.963. The van der Waals surface area contributed by atoms with Crippen LogP contribution < -0.4 is 10.4 Å². The fourth-order valence-corrected chi connectivity index (χ4v) is 2.80. The van der Waals surface area contributed by atoms with Crippen LogP contribution in [0.5, 0.6) is 0 Å². The lowest BCUT2D eigenvalue weighted by Gasteiger charge is -2.24. The van der Waals surface area contributed by atoms with Gasteiger partial charge < -0.3 is 20.0 Å². The fourth-order valence-electron chi connectivity index (χ4n) is 2.80. The van der Waals surface area contributed by atoms with Crippen molar-refractivity contribution in [1.29, 1.82) is 0 Å². The molecule has 1 aromatic carbocycles. The van der Waals surface area contributed by atoms with Gasteiger partial charge in [0.15, 0.2) is 0 Å². The molecule has 2 aliphatic heterocycles. The molecule has 1 aromatic rings. The Morgan fingerprint density at radius 3 is 2.40 bits per heavy atom. The number of carboxylic acids is 1. The van der Waals surface area contributed by atoms with E-state index in [1.165, 1.54) is 0 Å². The van der Waals surface area contributed by atoms with Crippen LogP contribution in [0.4, 0.5) is 0 Å². The third-order valence-corrected chi connectivity index (χ3v) is 3.78. The number of hydrogen-bond acceptors (Lipinski definition) is 4. The molecule has 0 saturated carbocycles. The van der Waals surface area contributed by atoms with Crippen LogP contribution >= 0.6 is 0 Å². The first-order chi connectivity index (χ1) is 9.66. The first-order valence-electron chi connectivity index (χ1n) is 6.53. The van der Waals surface area contributed by atoms with Gasteiger partial charge in [-0.05, 0) is 5.56 Å². The molecule has 5 heteroatoms. The molecule has 2 bridgehead atoms. The molecule has 1 amide bonds. The van der Waals surface area contributed by atoms with E-state index >= 15 is 0 Å². The van der Waals surface area contributed by atoms with Gasteiger partial charge in [0.1, 0.15) is 0 Å². The molecule has 2 aliphatic rings. The zero-order chi connectivity index (χ0) is 14.1. The van der Waals surface area contributed by atoms with Crippen LogP contribution in [0.3, 0.4) is 0 Å². The van der Waals surface area contributed by atoms with Crippen molar-refractivity contribution in [2.75, 3.05) is 0 Å². The molecule has 2 heterocycles. The largest absolute Gasteiger partial charge is 0.550 e. The number of rotatable bonds is 4. The lowest BCUT2D eigenvalue weighted by Crippen LogP contribution is -2.46. The molecule has 20 heavy (non-hydrogen) atoms. The van der Waals surface area contributed by atoms with Crippen molar-refractivity contribution in [3.8, 4) is 0 Å². The van der Waals surface area contributed by atoms with Crippen molar-refractivity contribution < 1.29 is 19.4 Å². The van der Waals surface area contributed by atoms with E-state index in [1.54, 1.807) is 12.2 Å². The zero-order valence-electron chi connectivity index (χ0n) is 10.7. The van der Waals surface area contributed by atoms with E-state index in [0.29, 0.717) is 6.54 Å². The maximum atomic E-state index is 12.2. The summed E-state index contributed by atoms with van der Waals surface area (Å²) in [5, 5.41) is 13.9. The normalized spacial score (nSPS) is 30.4. The summed E-state index contributed by atoms with van der Waals surface area (Å²) in [6.07, 6.45) is 2.43. The summed E-state index contributed by atoms with van der Waals surface area (Å²) in [4.78, 5) is 23.4. The second-order valence-electron chi connectivity index (χ2n) is 5.02. The summed E-state index contributed by atoms with van der Waals surface area (Å²) >= 11 is 0. The predicted molar refractivity (Wildman–Crippen MR) is 68.1 cm³/mol. The number of carbonyl (C=O) groups is 2. The Morgan fingerprint density at radius 2 is 1.75 bits per heavy atom. The number of benzene rings is 1. The minimum absolute atomic E-state index is 0.306. The Balaban J connectivity index is 1.68. The summed E-state index contributed by atoms with van der Waals surface area (Å²) in [6.45, 7) is 0.372. The van der Waals surface area contributed by atoms with Crippen molar-refractivity contribution in [1.82, 2.24) is 5.32 Å². The third-order valence-electron chi connectivity index (χ3n) is 3.78. The van der Waals surface area contributed by atoms with Gasteiger partial charge in [-0.3, -0.25) is 4.79 Å². The van der Waals surface area contributed by atoms with E-state index in [-0.39, 0.29) is 5.91 Å². The lowest BCUT2D eigenvalue weighted by atomic mass is 9.82. The van der Waals surface area contributed by atoms with Crippen molar-refractivity contribution in [3.05, 3.63) is 48.0 Å². The maximum absolute atomic E-state index is 12.2. The Hall–Kier alpha value is -2.14. The average molecular weight is 272 g/mol. The monoisotopic (exact) mass is 272 g/mol. The van der Waals surface area contributed by atoms with Crippen molar-refractivity contribution >= 4 is 11.9 Å². The van der Waals surface area contributed by atoms with Crippen molar-refractivity contribution in [2.45, 2.75) is 18.8 Å². The predicted octanol–water partition coefficient (Wildman–Crippen LogP) is -0.378. The minimum Gasteiger partial charge on any atom is -0.550 e. The third kappa shape index (κ3) is 2.20. The molecule has 104 valence electrons. The molecule has 0 radical (unpaired) electrons. The fraction of sp³-hybridized carbons (Fsp3) is 0.333. The molecular formula is C15H14NO4-. The van der Waals surface area contributed by atoms with Crippen molar-refractivity contribution in [2.24, 2.45) is 11.8 Å². The van der Waals surface area contributed by atoms with Crippen molar-refractivity contribution in [3.63, 3.8) is 0 Å². The van der Waals surface area contributed by atoms with E-state index in [2.05, 4.69) is 5.32 Å². The number of amides is 1. The highest BCUT2D eigenvalue weighted by molar-refractivity contribution is 5.86. The van der Waals surface area contributed by atoms with Crippen LogP contribution in [0, 0.1) is 11.8 Å². The van der Waals surface area contributed by atoms with Crippen LogP contribution in [0.15, 0.2) is 42.5 Å². The van der Waals surface area contributed by atoms with Gasteiger partial charge >= 0.3 is 0 Å². The quantitative estimate of drug-likeness (QED) is 0.758. The maximum Gasteiger partial charge on any atom is 0.227 e. The van der Waals surface area contributed by atoms with Gasteiger partial charge in [0.05, 0.1) is 18.1 Å². The second kappa shape index (κ2) is 5.09. The number of carboxylic acid groups (broad SMARTS) is 1. The summed E-state index contributed by atoms with van der Waals surface area (Å²) in [6, 6.07) is 9.46. The number of hydrogen-bond donors (Lipinski definition) is 1. The van der Waals surface area contributed by atoms with E-state index in [0.717, 1.165) is 5.56 Å². The topological polar surface area (TPSA) is 78.5 Å². The minimum atomic E-state index is -1.23. The number of carbonyl (C=O) groups excluding carboxylic acids is 2. The zero-order valence-corrected chi connectivity index (χ0v) is 10.7. The summed E-state index contributed by atoms with van der Waals surface area (Å²) in [5.74, 6) is -3.15. The van der Waals surface area contributed by atoms with Crippen LogP contribution in [-0.4, -0.2) is 24.1 Å². The van der Waals surface area contributed by atoms with Gasteiger partial charge in [-0.2, -0.15) is 0 Å². The second-order valence-corrected chi connectivity index (χ2v) is 5.02. The number of aliphatic carboxylic acids is 1. The molecule has 1 N–H and O–H groups in total. The van der Waals surface area contributed by atoms with Gasteiger partial charge in [0.2, 0.25) is 5.91 Å². The smallest absolute Gasteiger partial charge is 0.227 e. The SMILES string of the molecule is O=C([O-])[C@@H]1[C@H](C(=O)NCc2ccccc2)[C@@H]2C=C[C@H]1O2. The first kappa shape index (κ1) is 12.9. The Bertz CT molecular complexity index is 554. The highest BCUT2D eigenvalue weighted by atomic mass is 16.5. The van der Waals surface area contributed by atoms with Gasteiger partial charge in [-0.1, -0.05) is 42.5 Å². The number of ether oxygens (including phenoxy) is 1. The van der Waals surface area contributed by atoms with E-state index in [1.807, 2.05) is 30.3 Å². The molecule has 0 unspecified atom stereocenters. The first-order valence-corrected chi connectivity index (χ1v) is 6.53. The molecule has 0 aliphatic carbocycles. The van der Waals surface area contributed by atoms with Gasteiger partial charge in [0, 0.05) is 18.4 Å². The van der Waals surface area contributed by atoms with Gasteiger partial charge in [0.25, 0.3) is 0 Å². The Labute approximate surface area is 116 Å². The molecule has 1 saturated heterocycles. The van der Waals surface area contributed by atoms with E-state index in [4.69, 9.17) is 4.74 Å². The van der Waals surface area contributed by atoms with E-state index < -0.39 is 30.0 Å². The molecule has 1 fully saturated rings. The molecule has 3 rings (SSSR count). The van der Waals surface area contributed by atoms with Gasteiger partial charge in [-0.15, -0.1) is 0 Å². The van der Waals surface area contributed by atoms with Crippen LogP contribution in [0.2, 0.25) is 0 Å². The van der Waals surface area contributed by atoms with Gasteiger partial charge in [-0.25, -0.2) is 0 Å². The molecule has 0 aromatic heterocycles. The standard InChI is InChI=1S/C15H15NO4/c17-14(16-8-9-4-2-1-3-5-9)12-10-6-7-11(20-10)13(12)15(18)19/h1-7,10-13H,8H2,(H,16,17)(H,18,19)/p-1/t10-,11+,12+,13-/m0/s1. The average Bonchev–Trinajstić information content (AvgIpc) is 3.06. The Morgan fingerprint density at radius 1 is 1.10 bits per heavy atom. The molecular weight excluding hydrogens is 258 g/mol. The number of fused-ring (bicyclic) bond motifs is 2. The lowest BCUT2D eigenvalue weighted by molar-refractivity contribution is -0.313. The highest BCUT2D eigenvalue weighted by Crippen LogP contribution is 2.38. The summed E-state index contributed by atoms with van der Waals surface area (Å²) in [7, 11) is 0.